The summed E-state index contributed by atoms with van der Waals surface area (Å²) in [6.07, 6.45) is -9.13. The number of anilines is 1. The molecule has 4 atom stereocenters. The van der Waals surface area contributed by atoms with Crippen molar-refractivity contribution in [3.05, 3.63) is 20.8 Å². The summed E-state index contributed by atoms with van der Waals surface area (Å²) in [5.41, 5.74) is -3.72. The molecule has 1 aliphatic heterocycles. The van der Waals surface area contributed by atoms with Crippen molar-refractivity contribution >= 4 is 35.0 Å². The lowest BCUT2D eigenvalue weighted by molar-refractivity contribution is -0.158. The zero-order chi connectivity index (χ0) is 26.9. The van der Waals surface area contributed by atoms with Gasteiger partial charge in [0.1, 0.15) is 24.9 Å². The first kappa shape index (κ1) is 26.9. The minimum absolute atomic E-state index is 0.0733. The molecular formula is C20H24F3N5O8. The molecule has 36 heavy (non-hydrogen) atoms. The van der Waals surface area contributed by atoms with Crippen LogP contribution < -0.4 is 16.6 Å². The Morgan fingerprint density at radius 1 is 1.22 bits per heavy atom. The Kier molecular flexibility index (Phi) is 7.56. The van der Waals surface area contributed by atoms with E-state index in [1.165, 1.54) is 6.92 Å². The molecule has 2 aromatic rings. The Hall–Kier alpha value is -3.69. The standard InChI is InChI=1S/C20H24F3N5O8/c1-5-11(34-9(3)30)12-6-13(35-10(4)31)17(36-12)28-15-14(27(19(28)33)7-20(21,22)23)16(32)26-18(25-15)24-8(2)29/h11-13,17H,5-7H2,1-4H3,(H2,24,25,26,29,32)/t11-,12-,13+,17+/m0/s1. The van der Waals surface area contributed by atoms with E-state index >= 15 is 0 Å². The van der Waals surface area contributed by atoms with Crippen LogP contribution in [0.1, 0.15) is 46.8 Å². The quantitative estimate of drug-likeness (QED) is 0.507. The van der Waals surface area contributed by atoms with E-state index in [0.717, 1.165) is 13.8 Å². The van der Waals surface area contributed by atoms with Gasteiger partial charge in [0, 0.05) is 27.2 Å². The van der Waals surface area contributed by atoms with Gasteiger partial charge in [-0.25, -0.2) is 9.36 Å². The second-order valence-corrected chi connectivity index (χ2v) is 8.13. The molecule has 0 unspecified atom stereocenters. The van der Waals surface area contributed by atoms with Gasteiger partial charge < -0.3 is 14.2 Å². The second-order valence-electron chi connectivity index (χ2n) is 8.13. The first-order valence-corrected chi connectivity index (χ1v) is 10.8. The number of alkyl halides is 3. The van der Waals surface area contributed by atoms with Gasteiger partial charge in [-0.1, -0.05) is 6.92 Å². The first-order valence-electron chi connectivity index (χ1n) is 10.8. The van der Waals surface area contributed by atoms with Gasteiger partial charge in [0.15, 0.2) is 17.4 Å². The van der Waals surface area contributed by atoms with Gasteiger partial charge in [-0.05, 0) is 6.42 Å². The first-order chi connectivity index (χ1) is 16.7. The number of esters is 2. The van der Waals surface area contributed by atoms with Crippen molar-refractivity contribution in [2.75, 3.05) is 5.32 Å². The van der Waals surface area contributed by atoms with E-state index in [9.17, 15) is 37.1 Å². The van der Waals surface area contributed by atoms with Gasteiger partial charge in [0.25, 0.3) is 5.56 Å². The van der Waals surface area contributed by atoms with E-state index < -0.39 is 83.5 Å². The van der Waals surface area contributed by atoms with Crippen molar-refractivity contribution in [2.45, 2.75) is 77.8 Å². The molecule has 1 amide bonds. The number of nitrogens with zero attached hydrogens (tertiary/aromatic N) is 3. The Balaban J connectivity index is 2.24. The highest BCUT2D eigenvalue weighted by atomic mass is 19.4. The normalized spacial score (nSPS) is 20.8. The number of aromatic nitrogens is 4. The molecule has 3 heterocycles. The van der Waals surface area contributed by atoms with Gasteiger partial charge >= 0.3 is 23.8 Å². The number of hydrogen-bond acceptors (Lipinski definition) is 9. The maximum Gasteiger partial charge on any atom is 0.406 e. The van der Waals surface area contributed by atoms with Crippen LogP contribution in [0.5, 0.6) is 0 Å². The number of rotatable bonds is 7. The number of carbonyl (C=O) groups excluding carboxylic acids is 3. The maximum atomic E-state index is 13.3. The SMILES string of the molecule is CC[C@H](OC(C)=O)[C@@H]1C[C@@H](OC(C)=O)[C@H](n2c(=O)n(CC(F)(F)F)c3c(=O)[nH]c(NC(C)=O)nc32)O1. The Labute approximate surface area is 200 Å². The van der Waals surface area contributed by atoms with Crippen molar-refractivity contribution in [1.29, 1.82) is 0 Å². The average molecular weight is 519 g/mol. The molecule has 16 heteroatoms. The third-order valence-electron chi connectivity index (χ3n) is 5.25. The molecular weight excluding hydrogens is 495 g/mol. The Morgan fingerprint density at radius 2 is 1.89 bits per heavy atom. The molecule has 13 nitrogen and oxygen atoms in total. The lowest BCUT2D eigenvalue weighted by Gasteiger charge is -2.22. The van der Waals surface area contributed by atoms with Crippen LogP contribution in [0.15, 0.2) is 9.59 Å². The number of H-pyrrole nitrogens is 1. The number of halogens is 3. The molecule has 0 bridgehead atoms. The molecule has 2 aromatic heterocycles. The highest BCUT2D eigenvalue weighted by molar-refractivity contribution is 5.87. The lowest BCUT2D eigenvalue weighted by atomic mass is 10.1. The highest BCUT2D eigenvalue weighted by Gasteiger charge is 2.45. The summed E-state index contributed by atoms with van der Waals surface area (Å²) in [5, 5.41) is 2.20. The van der Waals surface area contributed by atoms with Gasteiger partial charge in [-0.15, -0.1) is 0 Å². The van der Waals surface area contributed by atoms with Crippen molar-refractivity contribution < 1.29 is 41.8 Å². The molecule has 0 radical (unpaired) electrons. The maximum absolute atomic E-state index is 13.3. The molecule has 3 rings (SSSR count). The fraction of sp³-hybridized carbons (Fsp3) is 0.600. The number of fused-ring (bicyclic) bond motifs is 1. The number of ether oxygens (including phenoxy) is 3. The van der Waals surface area contributed by atoms with Crippen molar-refractivity contribution in [2.24, 2.45) is 0 Å². The molecule has 0 aliphatic carbocycles. The van der Waals surface area contributed by atoms with Gasteiger partial charge in [-0.3, -0.25) is 34.0 Å². The minimum Gasteiger partial charge on any atom is -0.460 e. The van der Waals surface area contributed by atoms with Crippen LogP contribution in [0.25, 0.3) is 11.2 Å². The average Bonchev–Trinajstić information content (AvgIpc) is 3.22. The Morgan fingerprint density at radius 3 is 2.42 bits per heavy atom. The number of amides is 1. The zero-order valence-corrected chi connectivity index (χ0v) is 19.7. The second kappa shape index (κ2) is 10.1. The van der Waals surface area contributed by atoms with Crippen molar-refractivity contribution in [3.8, 4) is 0 Å². The summed E-state index contributed by atoms with van der Waals surface area (Å²) in [4.78, 5) is 66.7. The number of hydrogen-bond donors (Lipinski definition) is 2. The summed E-state index contributed by atoms with van der Waals surface area (Å²) in [7, 11) is 0. The summed E-state index contributed by atoms with van der Waals surface area (Å²) in [5.74, 6) is -2.47. The molecule has 1 aliphatic rings. The van der Waals surface area contributed by atoms with Crippen molar-refractivity contribution in [1.82, 2.24) is 19.1 Å². The third-order valence-corrected chi connectivity index (χ3v) is 5.25. The van der Waals surface area contributed by atoms with Crippen LogP contribution in [-0.2, 0) is 35.1 Å². The monoisotopic (exact) mass is 519 g/mol. The molecule has 1 fully saturated rings. The lowest BCUT2D eigenvalue weighted by Crippen LogP contribution is -2.36. The van der Waals surface area contributed by atoms with Crippen LogP contribution in [0.2, 0.25) is 0 Å². The van der Waals surface area contributed by atoms with E-state index in [2.05, 4.69) is 15.3 Å². The van der Waals surface area contributed by atoms with Crippen LogP contribution in [0, 0.1) is 0 Å². The van der Waals surface area contributed by atoms with E-state index in [1.807, 2.05) is 0 Å². The zero-order valence-electron chi connectivity index (χ0n) is 19.7. The Bertz CT molecular complexity index is 1300. The largest absolute Gasteiger partial charge is 0.460 e. The third kappa shape index (κ3) is 5.75. The number of imidazole rings is 1. The molecule has 198 valence electrons. The van der Waals surface area contributed by atoms with Crippen LogP contribution in [0.3, 0.4) is 0 Å². The van der Waals surface area contributed by atoms with Gasteiger partial charge in [0.2, 0.25) is 11.9 Å². The summed E-state index contributed by atoms with van der Waals surface area (Å²) in [6.45, 7) is 3.23. The molecule has 1 saturated heterocycles. The van der Waals surface area contributed by atoms with Gasteiger partial charge in [0.05, 0.1) is 0 Å². The summed E-state index contributed by atoms with van der Waals surface area (Å²) in [6, 6.07) is 0. The molecule has 0 saturated carbocycles. The molecule has 2 N–H and O–H groups in total. The fourth-order valence-electron chi connectivity index (χ4n) is 4.05. The fourth-order valence-corrected chi connectivity index (χ4v) is 4.05. The predicted octanol–water partition coefficient (Wildman–Crippen LogP) is 0.968. The molecule has 0 spiro atoms. The molecule has 0 aromatic carbocycles. The number of carbonyl (C=O) groups is 3. The van der Waals surface area contributed by atoms with E-state index in [4.69, 9.17) is 14.2 Å². The highest BCUT2D eigenvalue weighted by Crippen LogP contribution is 2.35. The van der Waals surface area contributed by atoms with Gasteiger partial charge in [-0.2, -0.15) is 18.2 Å². The van der Waals surface area contributed by atoms with E-state index in [1.54, 1.807) is 6.92 Å². The predicted molar refractivity (Wildman–Crippen MR) is 115 cm³/mol. The van der Waals surface area contributed by atoms with Crippen LogP contribution in [0.4, 0.5) is 19.1 Å². The smallest absolute Gasteiger partial charge is 0.406 e. The summed E-state index contributed by atoms with van der Waals surface area (Å²) >= 11 is 0. The topological polar surface area (TPSA) is 164 Å². The van der Waals surface area contributed by atoms with Crippen LogP contribution in [-0.4, -0.2) is 61.4 Å². The number of aromatic amines is 1. The van der Waals surface area contributed by atoms with E-state index in [0.29, 0.717) is 4.57 Å². The number of nitrogens with one attached hydrogen (secondary N) is 2. The minimum atomic E-state index is -4.89. The van der Waals surface area contributed by atoms with Crippen molar-refractivity contribution in [3.63, 3.8) is 0 Å². The van der Waals surface area contributed by atoms with E-state index in [-0.39, 0.29) is 17.4 Å². The van der Waals surface area contributed by atoms with Crippen LogP contribution >= 0.6 is 0 Å². The summed E-state index contributed by atoms with van der Waals surface area (Å²) < 4.78 is 57.1.